The normalized spacial score (nSPS) is 18.7. The number of nitrogens with one attached hydrogen (secondary N) is 1. The molecule has 2 N–H and O–H groups in total. The Morgan fingerprint density at radius 3 is 2.45 bits per heavy atom. The van der Waals surface area contributed by atoms with Crippen LogP contribution in [-0.2, 0) is 14.3 Å². The summed E-state index contributed by atoms with van der Waals surface area (Å²) in [4.78, 5) is 23.1. The highest BCUT2D eigenvalue weighted by Gasteiger charge is 2.25. The number of aliphatic carboxylic acids is 1. The molecule has 5 heteroatoms. The van der Waals surface area contributed by atoms with Crippen molar-refractivity contribution >= 4 is 11.9 Å². The molecule has 1 fully saturated rings. The van der Waals surface area contributed by atoms with Gasteiger partial charge in [-0.3, -0.25) is 9.59 Å². The standard InChI is InChI=1S/C15H27NO4/c1-3-7-11(15(18)19)10-16-14(17)13(4-2)20-12-8-5-6-9-12/h11-13H,3-10H2,1-2H3,(H,16,17)(H,18,19). The quantitative estimate of drug-likeness (QED) is 0.682. The van der Waals surface area contributed by atoms with Gasteiger partial charge in [0.05, 0.1) is 12.0 Å². The first-order valence-electron chi connectivity index (χ1n) is 7.74. The molecule has 5 nitrogen and oxygen atoms in total. The number of hydrogen-bond acceptors (Lipinski definition) is 3. The van der Waals surface area contributed by atoms with Crippen LogP contribution in [0.2, 0.25) is 0 Å². The van der Waals surface area contributed by atoms with E-state index in [0.29, 0.717) is 12.8 Å². The summed E-state index contributed by atoms with van der Waals surface area (Å²) in [7, 11) is 0. The van der Waals surface area contributed by atoms with E-state index < -0.39 is 18.0 Å². The maximum atomic E-state index is 12.1. The number of carbonyl (C=O) groups excluding carboxylic acids is 1. The van der Waals surface area contributed by atoms with Gasteiger partial charge < -0.3 is 15.2 Å². The smallest absolute Gasteiger partial charge is 0.308 e. The molecule has 2 atom stereocenters. The Morgan fingerprint density at radius 1 is 1.30 bits per heavy atom. The topological polar surface area (TPSA) is 75.6 Å². The molecular formula is C15H27NO4. The third-order valence-corrected chi connectivity index (χ3v) is 3.83. The van der Waals surface area contributed by atoms with Crippen LogP contribution in [0.1, 0.15) is 58.8 Å². The van der Waals surface area contributed by atoms with Gasteiger partial charge >= 0.3 is 5.97 Å². The Kier molecular flexibility index (Phi) is 7.59. The first-order valence-corrected chi connectivity index (χ1v) is 7.74. The minimum absolute atomic E-state index is 0.179. The van der Waals surface area contributed by atoms with Gasteiger partial charge in [0.1, 0.15) is 6.10 Å². The van der Waals surface area contributed by atoms with Gasteiger partial charge in [0.2, 0.25) is 5.91 Å². The molecule has 0 bridgehead atoms. The second-order valence-electron chi connectivity index (χ2n) is 5.51. The molecule has 0 aliphatic heterocycles. The van der Waals surface area contributed by atoms with Crippen LogP contribution < -0.4 is 5.32 Å². The fraction of sp³-hybridized carbons (Fsp3) is 0.867. The third-order valence-electron chi connectivity index (χ3n) is 3.83. The van der Waals surface area contributed by atoms with Gasteiger partial charge in [0.15, 0.2) is 0 Å². The Hall–Kier alpha value is -1.10. The number of hydrogen-bond donors (Lipinski definition) is 2. The highest BCUT2D eigenvalue weighted by Crippen LogP contribution is 2.23. The molecule has 116 valence electrons. The predicted molar refractivity (Wildman–Crippen MR) is 76.5 cm³/mol. The van der Waals surface area contributed by atoms with Crippen molar-refractivity contribution in [1.29, 1.82) is 0 Å². The zero-order chi connectivity index (χ0) is 15.0. The summed E-state index contributed by atoms with van der Waals surface area (Å²) in [6, 6.07) is 0. The Morgan fingerprint density at radius 2 is 1.95 bits per heavy atom. The van der Waals surface area contributed by atoms with Crippen LogP contribution in [0.3, 0.4) is 0 Å². The van der Waals surface area contributed by atoms with E-state index in [1.54, 1.807) is 0 Å². The summed E-state index contributed by atoms with van der Waals surface area (Å²) < 4.78 is 5.82. The van der Waals surface area contributed by atoms with E-state index in [9.17, 15) is 9.59 Å². The summed E-state index contributed by atoms with van der Waals surface area (Å²) >= 11 is 0. The van der Waals surface area contributed by atoms with Crippen molar-refractivity contribution in [3.8, 4) is 0 Å². The largest absolute Gasteiger partial charge is 0.481 e. The van der Waals surface area contributed by atoms with Gasteiger partial charge in [-0.25, -0.2) is 0 Å². The van der Waals surface area contributed by atoms with Gasteiger partial charge in [-0.05, 0) is 25.7 Å². The highest BCUT2D eigenvalue weighted by molar-refractivity contribution is 5.81. The molecule has 0 radical (unpaired) electrons. The average Bonchev–Trinajstić information content (AvgIpc) is 2.93. The molecule has 1 amide bonds. The zero-order valence-corrected chi connectivity index (χ0v) is 12.6. The summed E-state index contributed by atoms with van der Waals surface area (Å²) in [6.45, 7) is 4.04. The molecule has 2 unspecified atom stereocenters. The maximum absolute atomic E-state index is 12.1. The molecule has 1 aliphatic carbocycles. The molecule has 1 aliphatic rings. The van der Waals surface area contributed by atoms with E-state index in [-0.39, 0.29) is 18.6 Å². The second kappa shape index (κ2) is 8.95. The lowest BCUT2D eigenvalue weighted by molar-refractivity contribution is -0.142. The number of rotatable bonds is 9. The van der Waals surface area contributed by atoms with Crippen molar-refractivity contribution in [3.05, 3.63) is 0 Å². The summed E-state index contributed by atoms with van der Waals surface area (Å²) in [6.07, 6.45) is 6.12. The predicted octanol–water partition coefficient (Wildman–Crippen LogP) is 2.34. The van der Waals surface area contributed by atoms with Gasteiger partial charge in [0.25, 0.3) is 0 Å². The van der Waals surface area contributed by atoms with E-state index in [1.807, 2.05) is 13.8 Å². The molecule has 0 heterocycles. The average molecular weight is 285 g/mol. The van der Waals surface area contributed by atoms with Crippen molar-refractivity contribution in [2.24, 2.45) is 5.92 Å². The number of ether oxygens (including phenoxy) is 1. The zero-order valence-electron chi connectivity index (χ0n) is 12.6. The van der Waals surface area contributed by atoms with Crippen molar-refractivity contribution < 1.29 is 19.4 Å². The number of carboxylic acid groups (broad SMARTS) is 1. The van der Waals surface area contributed by atoms with Crippen molar-refractivity contribution in [2.75, 3.05) is 6.54 Å². The summed E-state index contributed by atoms with van der Waals surface area (Å²) in [5, 5.41) is 11.8. The summed E-state index contributed by atoms with van der Waals surface area (Å²) in [5.41, 5.74) is 0. The van der Waals surface area contributed by atoms with Crippen LogP contribution in [0.5, 0.6) is 0 Å². The van der Waals surface area contributed by atoms with E-state index >= 15 is 0 Å². The van der Waals surface area contributed by atoms with Crippen LogP contribution >= 0.6 is 0 Å². The van der Waals surface area contributed by atoms with Crippen LogP contribution in [0.4, 0.5) is 0 Å². The second-order valence-corrected chi connectivity index (χ2v) is 5.51. The van der Waals surface area contributed by atoms with Gasteiger partial charge in [-0.15, -0.1) is 0 Å². The highest BCUT2D eigenvalue weighted by atomic mass is 16.5. The molecule has 0 saturated heterocycles. The Balaban J connectivity index is 2.39. The van der Waals surface area contributed by atoms with E-state index in [2.05, 4.69) is 5.32 Å². The Labute approximate surface area is 121 Å². The molecular weight excluding hydrogens is 258 g/mol. The van der Waals surface area contributed by atoms with Crippen molar-refractivity contribution in [3.63, 3.8) is 0 Å². The fourth-order valence-corrected chi connectivity index (χ4v) is 2.60. The van der Waals surface area contributed by atoms with Crippen LogP contribution in [-0.4, -0.2) is 35.7 Å². The molecule has 1 rings (SSSR count). The monoisotopic (exact) mass is 285 g/mol. The van der Waals surface area contributed by atoms with E-state index in [4.69, 9.17) is 9.84 Å². The maximum Gasteiger partial charge on any atom is 0.308 e. The van der Waals surface area contributed by atoms with Crippen molar-refractivity contribution in [2.45, 2.75) is 71.0 Å². The van der Waals surface area contributed by atoms with Crippen LogP contribution in [0, 0.1) is 5.92 Å². The molecule has 20 heavy (non-hydrogen) atoms. The number of carbonyl (C=O) groups is 2. The first kappa shape index (κ1) is 17.0. The molecule has 0 spiro atoms. The molecule has 1 saturated carbocycles. The lowest BCUT2D eigenvalue weighted by atomic mass is 10.0. The minimum atomic E-state index is -0.850. The van der Waals surface area contributed by atoms with E-state index in [0.717, 1.165) is 19.3 Å². The molecule has 0 aromatic carbocycles. The molecule has 0 aromatic heterocycles. The van der Waals surface area contributed by atoms with Crippen LogP contribution in [0.15, 0.2) is 0 Å². The minimum Gasteiger partial charge on any atom is -0.481 e. The fourth-order valence-electron chi connectivity index (χ4n) is 2.60. The van der Waals surface area contributed by atoms with Crippen molar-refractivity contribution in [1.82, 2.24) is 5.32 Å². The SMILES string of the molecule is CCCC(CNC(=O)C(CC)OC1CCCC1)C(=O)O. The Bertz CT molecular complexity index is 313. The van der Waals surface area contributed by atoms with Gasteiger partial charge in [0, 0.05) is 6.54 Å². The van der Waals surface area contributed by atoms with E-state index in [1.165, 1.54) is 12.8 Å². The van der Waals surface area contributed by atoms with Gasteiger partial charge in [-0.1, -0.05) is 33.1 Å². The number of carboxylic acids is 1. The third kappa shape index (κ3) is 5.49. The number of amides is 1. The van der Waals surface area contributed by atoms with Crippen LogP contribution in [0.25, 0.3) is 0 Å². The first-order chi connectivity index (χ1) is 9.58. The lowest BCUT2D eigenvalue weighted by Crippen LogP contribution is -2.41. The molecule has 0 aromatic rings. The lowest BCUT2D eigenvalue weighted by Gasteiger charge is -2.21. The summed E-state index contributed by atoms with van der Waals surface area (Å²) in [5.74, 6) is -1.54. The van der Waals surface area contributed by atoms with Gasteiger partial charge in [-0.2, -0.15) is 0 Å².